The minimum atomic E-state index is -0.534. The molecule has 0 saturated carbocycles. The summed E-state index contributed by atoms with van der Waals surface area (Å²) >= 11 is 0. The van der Waals surface area contributed by atoms with E-state index >= 15 is 0 Å². The van der Waals surface area contributed by atoms with Gasteiger partial charge in [-0.3, -0.25) is 9.59 Å². The van der Waals surface area contributed by atoms with Crippen LogP contribution in [0.4, 0.5) is 10.5 Å². The van der Waals surface area contributed by atoms with E-state index in [-0.39, 0.29) is 17.8 Å². The molecule has 2 aliphatic heterocycles. The molecule has 0 aromatic heterocycles. The molecule has 0 N–H and O–H groups in total. The first-order valence-corrected chi connectivity index (χ1v) is 13.2. The van der Waals surface area contributed by atoms with Gasteiger partial charge in [0.15, 0.2) is 5.78 Å². The molecule has 0 bridgehead atoms. The maximum absolute atomic E-state index is 12.9. The fraction of sp³-hybridized carbons (Fsp3) is 0.500. The number of ketones is 1. The van der Waals surface area contributed by atoms with Crippen LogP contribution in [-0.4, -0.2) is 47.9 Å². The SMILES string of the molecule is CC(C)(C)OC(=O)N(CCCCCC(=O)c1cc2c3c(c1)CCN3C(=O)CC2)CCc1ccccc1. The zero-order valence-electron chi connectivity index (χ0n) is 21.8. The molecular weight excluding hydrogens is 452 g/mol. The van der Waals surface area contributed by atoms with E-state index in [0.717, 1.165) is 67.4 Å². The van der Waals surface area contributed by atoms with Gasteiger partial charge in [-0.25, -0.2) is 4.79 Å². The average molecular weight is 491 g/mol. The van der Waals surface area contributed by atoms with Crippen molar-refractivity contribution in [3.05, 3.63) is 64.7 Å². The van der Waals surface area contributed by atoms with Gasteiger partial charge in [0.05, 0.1) is 5.69 Å². The fourth-order valence-corrected chi connectivity index (χ4v) is 5.06. The number of amides is 2. The van der Waals surface area contributed by atoms with Crippen molar-refractivity contribution in [2.75, 3.05) is 24.5 Å². The summed E-state index contributed by atoms with van der Waals surface area (Å²) in [5.74, 6) is 0.363. The first-order chi connectivity index (χ1) is 17.2. The van der Waals surface area contributed by atoms with Gasteiger partial charge < -0.3 is 14.5 Å². The van der Waals surface area contributed by atoms with Crippen molar-refractivity contribution in [2.45, 2.75) is 77.7 Å². The predicted octanol–water partition coefficient (Wildman–Crippen LogP) is 5.74. The molecule has 0 saturated heterocycles. The molecule has 0 radical (unpaired) electrons. The van der Waals surface area contributed by atoms with Gasteiger partial charge >= 0.3 is 6.09 Å². The normalized spacial score (nSPS) is 14.5. The standard InChI is InChI=1S/C30H38N2O4/c1-30(2,3)36-29(35)31(18-15-22-10-6-4-7-11-22)17-9-5-8-12-26(33)25-20-23-13-14-27(34)32-19-16-24(21-25)28(23)32/h4,6-7,10-11,20-21H,5,8-9,12-19H2,1-3H3. The molecule has 2 heterocycles. The fourth-order valence-electron chi connectivity index (χ4n) is 5.06. The van der Waals surface area contributed by atoms with E-state index in [0.29, 0.717) is 25.9 Å². The summed E-state index contributed by atoms with van der Waals surface area (Å²) in [6.45, 7) is 7.60. The monoisotopic (exact) mass is 490 g/mol. The summed E-state index contributed by atoms with van der Waals surface area (Å²) in [7, 11) is 0. The van der Waals surface area contributed by atoms with Crippen molar-refractivity contribution in [2.24, 2.45) is 0 Å². The highest BCUT2D eigenvalue weighted by Crippen LogP contribution is 2.37. The maximum Gasteiger partial charge on any atom is 0.410 e. The molecule has 0 fully saturated rings. The van der Waals surface area contributed by atoms with Crippen molar-refractivity contribution in [1.29, 1.82) is 0 Å². The van der Waals surface area contributed by atoms with Crippen LogP contribution in [0.25, 0.3) is 0 Å². The van der Waals surface area contributed by atoms with Crippen molar-refractivity contribution in [3.8, 4) is 0 Å². The highest BCUT2D eigenvalue weighted by atomic mass is 16.6. The minimum absolute atomic E-state index is 0.164. The van der Waals surface area contributed by atoms with Gasteiger partial charge in [0, 0.05) is 38.0 Å². The smallest absolute Gasteiger partial charge is 0.410 e. The second-order valence-corrected chi connectivity index (χ2v) is 10.9. The molecule has 0 unspecified atom stereocenters. The molecule has 6 heteroatoms. The lowest BCUT2D eigenvalue weighted by molar-refractivity contribution is -0.118. The van der Waals surface area contributed by atoms with Gasteiger partial charge in [0.2, 0.25) is 5.91 Å². The lowest BCUT2D eigenvalue weighted by atomic mass is 9.94. The van der Waals surface area contributed by atoms with Crippen molar-refractivity contribution >= 4 is 23.5 Å². The minimum Gasteiger partial charge on any atom is -0.444 e. The van der Waals surface area contributed by atoms with Gasteiger partial charge in [0.1, 0.15) is 5.60 Å². The number of hydrogen-bond donors (Lipinski definition) is 0. The van der Waals surface area contributed by atoms with Crippen molar-refractivity contribution in [1.82, 2.24) is 4.90 Å². The van der Waals surface area contributed by atoms with E-state index in [1.165, 1.54) is 5.56 Å². The number of ether oxygens (including phenoxy) is 1. The highest BCUT2D eigenvalue weighted by molar-refractivity contribution is 6.02. The number of carbonyl (C=O) groups is 3. The largest absolute Gasteiger partial charge is 0.444 e. The Labute approximate surface area is 214 Å². The Morgan fingerprint density at radius 1 is 0.944 bits per heavy atom. The molecule has 192 valence electrons. The quantitative estimate of drug-likeness (QED) is 0.314. The van der Waals surface area contributed by atoms with Gasteiger partial charge in [-0.2, -0.15) is 0 Å². The van der Waals surface area contributed by atoms with Crippen molar-refractivity contribution in [3.63, 3.8) is 0 Å². The third-order valence-electron chi connectivity index (χ3n) is 6.87. The summed E-state index contributed by atoms with van der Waals surface area (Å²) in [4.78, 5) is 41.5. The lowest BCUT2D eigenvalue weighted by Crippen LogP contribution is -2.38. The third-order valence-corrected chi connectivity index (χ3v) is 6.87. The van der Waals surface area contributed by atoms with Crippen LogP contribution in [0.15, 0.2) is 42.5 Å². The molecule has 2 amide bonds. The summed E-state index contributed by atoms with van der Waals surface area (Å²) < 4.78 is 5.63. The Hall–Kier alpha value is -3.15. The molecular formula is C30H38N2O4. The van der Waals surface area contributed by atoms with Crippen LogP contribution in [0.5, 0.6) is 0 Å². The Morgan fingerprint density at radius 2 is 1.67 bits per heavy atom. The zero-order chi connectivity index (χ0) is 25.7. The summed E-state index contributed by atoms with van der Waals surface area (Å²) in [5, 5.41) is 0. The molecule has 6 nitrogen and oxygen atoms in total. The number of benzene rings is 2. The number of aryl methyl sites for hydroxylation is 1. The topological polar surface area (TPSA) is 66.9 Å². The van der Waals surface area contributed by atoms with E-state index in [1.54, 1.807) is 4.90 Å². The number of anilines is 1. The molecule has 2 aromatic rings. The van der Waals surface area contributed by atoms with Crippen LogP contribution in [0.3, 0.4) is 0 Å². The number of hydrogen-bond acceptors (Lipinski definition) is 4. The Morgan fingerprint density at radius 3 is 2.39 bits per heavy atom. The van der Waals surface area contributed by atoms with Gasteiger partial charge in [-0.05, 0) is 81.7 Å². The molecule has 4 rings (SSSR count). The van der Waals surface area contributed by atoms with Crippen molar-refractivity contribution < 1.29 is 19.1 Å². The van der Waals surface area contributed by atoms with Gasteiger partial charge in [-0.15, -0.1) is 0 Å². The first kappa shape index (κ1) is 25.9. The average Bonchev–Trinajstić information content (AvgIpc) is 3.28. The van der Waals surface area contributed by atoms with Gasteiger partial charge in [0.25, 0.3) is 0 Å². The first-order valence-electron chi connectivity index (χ1n) is 13.2. The highest BCUT2D eigenvalue weighted by Gasteiger charge is 2.32. The van der Waals surface area contributed by atoms with Crippen LogP contribution in [0, 0.1) is 0 Å². The summed E-state index contributed by atoms with van der Waals surface area (Å²) in [6.07, 6.45) is 5.57. The van der Waals surface area contributed by atoms with E-state index < -0.39 is 5.60 Å². The molecule has 0 aliphatic carbocycles. The van der Waals surface area contributed by atoms with Crippen LogP contribution >= 0.6 is 0 Å². The number of Topliss-reactive ketones (excluding diaryl/α,β-unsaturated/α-hetero) is 1. The number of carbonyl (C=O) groups excluding carboxylic acids is 3. The molecule has 0 atom stereocenters. The van der Waals surface area contributed by atoms with E-state index in [2.05, 4.69) is 12.1 Å². The Balaban J connectivity index is 1.27. The molecule has 2 aromatic carbocycles. The molecule has 36 heavy (non-hydrogen) atoms. The second-order valence-electron chi connectivity index (χ2n) is 10.9. The van der Waals surface area contributed by atoms with Crippen LogP contribution in [0.2, 0.25) is 0 Å². The lowest BCUT2D eigenvalue weighted by Gasteiger charge is -2.27. The zero-order valence-corrected chi connectivity index (χ0v) is 21.8. The number of nitrogens with zero attached hydrogens (tertiary/aromatic N) is 2. The van der Waals surface area contributed by atoms with Gasteiger partial charge in [-0.1, -0.05) is 36.8 Å². The van der Waals surface area contributed by atoms with E-state index in [1.807, 2.05) is 56.0 Å². The number of unbranched alkanes of at least 4 members (excludes halogenated alkanes) is 2. The molecule has 2 aliphatic rings. The van der Waals surface area contributed by atoms with Crippen LogP contribution in [0.1, 0.15) is 79.9 Å². The maximum atomic E-state index is 12.9. The van der Waals surface area contributed by atoms with Crippen LogP contribution < -0.4 is 4.90 Å². The third kappa shape index (κ3) is 6.54. The van der Waals surface area contributed by atoms with E-state index in [9.17, 15) is 14.4 Å². The Bertz CT molecular complexity index is 1100. The Kier molecular flexibility index (Phi) is 8.12. The number of rotatable bonds is 10. The summed E-state index contributed by atoms with van der Waals surface area (Å²) in [6, 6.07) is 14.1. The predicted molar refractivity (Wildman–Crippen MR) is 142 cm³/mol. The van der Waals surface area contributed by atoms with Crippen LogP contribution in [-0.2, 0) is 28.8 Å². The molecule has 0 spiro atoms. The van der Waals surface area contributed by atoms with E-state index in [4.69, 9.17) is 4.74 Å². The second kappa shape index (κ2) is 11.3. The summed E-state index contributed by atoms with van der Waals surface area (Å²) in [5.41, 5.74) is 4.76.